The van der Waals surface area contributed by atoms with E-state index in [0.29, 0.717) is 20.7 Å². The molecule has 0 atom stereocenters. The Kier molecular flexibility index (Phi) is 4.26. The van der Waals surface area contributed by atoms with Gasteiger partial charge in [-0.15, -0.1) is 22.7 Å². The van der Waals surface area contributed by atoms with E-state index in [1.165, 1.54) is 22.7 Å². The number of carbonyl (C=O) groups is 1. The summed E-state index contributed by atoms with van der Waals surface area (Å²) < 4.78 is 0.697. The number of amides is 1. The van der Waals surface area contributed by atoms with Gasteiger partial charge in [-0.25, -0.2) is 4.98 Å². The fraction of sp³-hybridized carbons (Fsp3) is 0. The fourth-order valence-corrected chi connectivity index (χ4v) is 3.77. The van der Waals surface area contributed by atoms with Crippen LogP contribution in [0.15, 0.2) is 41.8 Å². The number of rotatable bonds is 3. The van der Waals surface area contributed by atoms with E-state index in [0.717, 1.165) is 9.88 Å². The number of aromatic nitrogens is 1. The summed E-state index contributed by atoms with van der Waals surface area (Å²) in [5, 5.41) is 5.73. The summed E-state index contributed by atoms with van der Waals surface area (Å²) in [5.41, 5.74) is 0.928. The van der Waals surface area contributed by atoms with E-state index in [2.05, 4.69) is 10.3 Å². The maximum Gasteiger partial charge on any atom is 0.275 e. The number of anilines is 1. The van der Waals surface area contributed by atoms with E-state index in [9.17, 15) is 4.79 Å². The van der Waals surface area contributed by atoms with Crippen LogP contribution in [0, 0.1) is 0 Å². The third-order valence-electron chi connectivity index (χ3n) is 2.64. The van der Waals surface area contributed by atoms with Gasteiger partial charge in [-0.05, 0) is 24.3 Å². The maximum atomic E-state index is 12.2. The minimum atomic E-state index is -0.284. The van der Waals surface area contributed by atoms with E-state index in [-0.39, 0.29) is 5.91 Å². The lowest BCUT2D eigenvalue weighted by Crippen LogP contribution is -2.12. The molecule has 1 aromatic carbocycles. The number of halogens is 2. The molecule has 1 amide bonds. The first-order chi connectivity index (χ1) is 10.1. The van der Waals surface area contributed by atoms with Crippen LogP contribution < -0.4 is 5.32 Å². The topological polar surface area (TPSA) is 42.0 Å². The summed E-state index contributed by atoms with van der Waals surface area (Å²) in [7, 11) is 0. The monoisotopic (exact) mass is 354 g/mol. The number of nitrogens with zero attached hydrogens (tertiary/aromatic N) is 1. The maximum absolute atomic E-state index is 12.2. The second kappa shape index (κ2) is 6.15. The van der Waals surface area contributed by atoms with Gasteiger partial charge >= 0.3 is 0 Å². The molecule has 0 fully saturated rings. The first kappa shape index (κ1) is 14.5. The SMILES string of the molecule is O=C(Nc1ccccc1Cl)c1csc(-c2ccc(Cl)s2)n1. The molecule has 1 N–H and O–H groups in total. The van der Waals surface area contributed by atoms with E-state index in [1.54, 1.807) is 23.6 Å². The minimum Gasteiger partial charge on any atom is -0.319 e. The van der Waals surface area contributed by atoms with Crippen molar-refractivity contribution in [1.82, 2.24) is 4.98 Å². The predicted molar refractivity (Wildman–Crippen MR) is 89.8 cm³/mol. The first-order valence-electron chi connectivity index (χ1n) is 5.90. The summed E-state index contributed by atoms with van der Waals surface area (Å²) in [6, 6.07) is 10.8. The van der Waals surface area contributed by atoms with E-state index < -0.39 is 0 Å². The molecule has 2 heterocycles. The van der Waals surface area contributed by atoms with Gasteiger partial charge in [-0.3, -0.25) is 4.79 Å². The molecule has 0 aliphatic heterocycles. The highest BCUT2D eigenvalue weighted by atomic mass is 35.5. The molecule has 2 aromatic heterocycles. The van der Waals surface area contributed by atoms with Gasteiger partial charge < -0.3 is 5.32 Å². The van der Waals surface area contributed by atoms with Crippen molar-refractivity contribution in [2.24, 2.45) is 0 Å². The first-order valence-corrected chi connectivity index (χ1v) is 8.36. The van der Waals surface area contributed by atoms with Crippen LogP contribution >= 0.6 is 45.9 Å². The van der Waals surface area contributed by atoms with Crippen molar-refractivity contribution < 1.29 is 4.79 Å². The highest BCUT2D eigenvalue weighted by Crippen LogP contribution is 2.33. The standard InChI is InChI=1S/C14H8Cl2N2OS2/c15-8-3-1-2-4-9(8)17-13(19)10-7-20-14(18-10)11-5-6-12(16)21-11/h1-7H,(H,17,19). The lowest BCUT2D eigenvalue weighted by Gasteiger charge is -2.04. The minimum absolute atomic E-state index is 0.284. The van der Waals surface area contributed by atoms with Crippen LogP contribution in [0.4, 0.5) is 5.69 Å². The van der Waals surface area contributed by atoms with Crippen molar-refractivity contribution in [1.29, 1.82) is 0 Å². The summed E-state index contributed by atoms with van der Waals surface area (Å²) in [6.07, 6.45) is 0. The lowest BCUT2D eigenvalue weighted by molar-refractivity contribution is 0.102. The largest absolute Gasteiger partial charge is 0.319 e. The quantitative estimate of drug-likeness (QED) is 0.681. The third-order valence-corrected chi connectivity index (χ3v) is 5.22. The Morgan fingerprint density at radius 1 is 1.14 bits per heavy atom. The van der Waals surface area contributed by atoms with Gasteiger partial charge in [0.05, 0.1) is 19.9 Å². The van der Waals surface area contributed by atoms with E-state index in [4.69, 9.17) is 23.2 Å². The molecule has 21 heavy (non-hydrogen) atoms. The van der Waals surface area contributed by atoms with Crippen molar-refractivity contribution >= 4 is 57.5 Å². The smallest absolute Gasteiger partial charge is 0.275 e. The van der Waals surface area contributed by atoms with Gasteiger partial charge in [0, 0.05) is 5.38 Å². The molecule has 0 saturated heterocycles. The summed E-state index contributed by atoms with van der Waals surface area (Å²) >= 11 is 14.8. The number of carbonyl (C=O) groups excluding carboxylic acids is 1. The second-order valence-electron chi connectivity index (χ2n) is 4.08. The highest BCUT2D eigenvalue weighted by molar-refractivity contribution is 7.23. The summed E-state index contributed by atoms with van der Waals surface area (Å²) in [6.45, 7) is 0. The molecule has 0 radical (unpaired) electrons. The second-order valence-corrected chi connectivity index (χ2v) is 7.06. The van der Waals surface area contributed by atoms with Crippen LogP contribution in [0.1, 0.15) is 10.5 Å². The molecule has 3 nitrogen and oxygen atoms in total. The Balaban J connectivity index is 1.80. The molecule has 0 aliphatic carbocycles. The fourth-order valence-electron chi connectivity index (χ4n) is 1.67. The molecular weight excluding hydrogens is 347 g/mol. The number of hydrogen-bond acceptors (Lipinski definition) is 4. The Morgan fingerprint density at radius 3 is 2.67 bits per heavy atom. The molecule has 0 spiro atoms. The van der Waals surface area contributed by atoms with Crippen LogP contribution in [-0.2, 0) is 0 Å². The van der Waals surface area contributed by atoms with Crippen LogP contribution in [0.2, 0.25) is 9.36 Å². The van der Waals surface area contributed by atoms with Gasteiger partial charge in [0.1, 0.15) is 10.7 Å². The summed E-state index contributed by atoms with van der Waals surface area (Å²) in [5.74, 6) is -0.284. The molecular formula is C14H8Cl2N2OS2. The lowest BCUT2D eigenvalue weighted by atomic mass is 10.3. The van der Waals surface area contributed by atoms with Crippen molar-refractivity contribution in [3.63, 3.8) is 0 Å². The van der Waals surface area contributed by atoms with Gasteiger partial charge in [-0.1, -0.05) is 35.3 Å². The molecule has 0 saturated carbocycles. The Morgan fingerprint density at radius 2 is 1.95 bits per heavy atom. The molecule has 0 bridgehead atoms. The van der Waals surface area contributed by atoms with Gasteiger partial charge in [0.25, 0.3) is 5.91 Å². The summed E-state index contributed by atoms with van der Waals surface area (Å²) in [4.78, 5) is 17.4. The average Bonchev–Trinajstić information content (AvgIpc) is 3.10. The number of nitrogens with one attached hydrogen (secondary N) is 1. The van der Waals surface area contributed by atoms with Crippen LogP contribution in [0.5, 0.6) is 0 Å². The van der Waals surface area contributed by atoms with Crippen molar-refractivity contribution in [3.8, 4) is 9.88 Å². The molecule has 3 aromatic rings. The number of thiophene rings is 1. The third kappa shape index (κ3) is 3.27. The van der Waals surface area contributed by atoms with E-state index in [1.807, 2.05) is 18.2 Å². The zero-order chi connectivity index (χ0) is 14.8. The normalized spacial score (nSPS) is 10.6. The molecule has 106 valence electrons. The zero-order valence-corrected chi connectivity index (χ0v) is 13.6. The van der Waals surface area contributed by atoms with Crippen LogP contribution in [0.3, 0.4) is 0 Å². The van der Waals surface area contributed by atoms with Crippen LogP contribution in [-0.4, -0.2) is 10.9 Å². The van der Waals surface area contributed by atoms with E-state index >= 15 is 0 Å². The molecule has 3 rings (SSSR count). The number of hydrogen-bond donors (Lipinski definition) is 1. The highest BCUT2D eigenvalue weighted by Gasteiger charge is 2.14. The predicted octanol–water partition coefficient (Wildman–Crippen LogP) is 5.43. The number of thiazole rings is 1. The van der Waals surface area contributed by atoms with Crippen molar-refractivity contribution in [2.75, 3.05) is 5.32 Å². The van der Waals surface area contributed by atoms with Gasteiger partial charge in [0.15, 0.2) is 0 Å². The molecule has 0 unspecified atom stereocenters. The van der Waals surface area contributed by atoms with Gasteiger partial charge in [0.2, 0.25) is 0 Å². The van der Waals surface area contributed by atoms with Gasteiger partial charge in [-0.2, -0.15) is 0 Å². The Labute approximate surface area is 139 Å². The van der Waals surface area contributed by atoms with Crippen molar-refractivity contribution in [3.05, 3.63) is 56.8 Å². The Hall–Kier alpha value is -1.40. The Bertz CT molecular complexity index is 798. The average molecular weight is 355 g/mol. The zero-order valence-electron chi connectivity index (χ0n) is 10.5. The van der Waals surface area contributed by atoms with Crippen molar-refractivity contribution in [2.45, 2.75) is 0 Å². The number of para-hydroxylation sites is 1. The molecule has 0 aliphatic rings. The van der Waals surface area contributed by atoms with Crippen LogP contribution in [0.25, 0.3) is 9.88 Å². The molecule has 7 heteroatoms. The number of benzene rings is 1.